The molecule has 1 aromatic rings. The monoisotopic (exact) mass is 231 g/mol. The predicted molar refractivity (Wildman–Crippen MR) is 64.6 cm³/mol. The van der Waals surface area contributed by atoms with Gasteiger partial charge >= 0.3 is 5.97 Å². The highest BCUT2D eigenvalue weighted by molar-refractivity contribution is 5.93. The van der Waals surface area contributed by atoms with Crippen LogP contribution in [-0.2, 0) is 9.53 Å². The van der Waals surface area contributed by atoms with E-state index in [1.54, 1.807) is 24.3 Å². The molecule has 0 aromatic heterocycles. The van der Waals surface area contributed by atoms with Crippen LogP contribution in [0.25, 0.3) is 0 Å². The first-order valence-electron chi connectivity index (χ1n) is 5.00. The second-order valence-corrected chi connectivity index (χ2v) is 3.35. The summed E-state index contributed by atoms with van der Waals surface area (Å²) >= 11 is 0. The van der Waals surface area contributed by atoms with Gasteiger partial charge in [-0.15, -0.1) is 6.42 Å². The molecule has 0 heterocycles. The average molecular weight is 231 g/mol. The number of hydrogen-bond acceptors (Lipinski definition) is 3. The van der Waals surface area contributed by atoms with Crippen LogP contribution in [0.3, 0.4) is 0 Å². The Morgan fingerprint density at radius 2 is 1.94 bits per heavy atom. The lowest BCUT2D eigenvalue weighted by atomic mass is 10.2. The molecular formula is C13H13NO3. The van der Waals surface area contributed by atoms with Gasteiger partial charge in [-0.05, 0) is 24.3 Å². The van der Waals surface area contributed by atoms with E-state index in [0.717, 1.165) is 0 Å². The van der Waals surface area contributed by atoms with E-state index in [4.69, 9.17) is 6.42 Å². The van der Waals surface area contributed by atoms with Gasteiger partial charge in [-0.3, -0.25) is 4.79 Å². The highest BCUT2D eigenvalue weighted by atomic mass is 16.5. The molecule has 0 aliphatic heterocycles. The topological polar surface area (TPSA) is 46.6 Å². The molecule has 0 aliphatic carbocycles. The Morgan fingerprint density at radius 1 is 1.35 bits per heavy atom. The Kier molecular flexibility index (Phi) is 4.29. The zero-order chi connectivity index (χ0) is 12.8. The third kappa shape index (κ3) is 3.08. The molecule has 0 aliphatic rings. The SMILES string of the molecule is C#CCN(C(C)=O)c1ccc(C(=O)OC)cc1. The van der Waals surface area contributed by atoms with Gasteiger partial charge in [0, 0.05) is 12.6 Å². The molecule has 4 nitrogen and oxygen atoms in total. The molecule has 0 radical (unpaired) electrons. The molecule has 0 N–H and O–H groups in total. The van der Waals surface area contributed by atoms with Crippen molar-refractivity contribution in [2.75, 3.05) is 18.6 Å². The largest absolute Gasteiger partial charge is 0.465 e. The number of amides is 1. The maximum Gasteiger partial charge on any atom is 0.337 e. The number of carbonyl (C=O) groups is 2. The van der Waals surface area contributed by atoms with Gasteiger partial charge in [-0.1, -0.05) is 5.92 Å². The van der Waals surface area contributed by atoms with Crippen molar-refractivity contribution in [1.29, 1.82) is 0 Å². The lowest BCUT2D eigenvalue weighted by molar-refractivity contribution is -0.116. The van der Waals surface area contributed by atoms with Crippen molar-refractivity contribution in [2.45, 2.75) is 6.92 Å². The number of terminal acetylenes is 1. The van der Waals surface area contributed by atoms with Gasteiger partial charge in [0.15, 0.2) is 0 Å². The van der Waals surface area contributed by atoms with Crippen LogP contribution in [0, 0.1) is 12.3 Å². The Labute approximate surface area is 100 Å². The van der Waals surface area contributed by atoms with Crippen molar-refractivity contribution in [3.63, 3.8) is 0 Å². The number of rotatable bonds is 3. The number of methoxy groups -OCH3 is 1. The van der Waals surface area contributed by atoms with Gasteiger partial charge in [0.05, 0.1) is 19.2 Å². The summed E-state index contributed by atoms with van der Waals surface area (Å²) < 4.78 is 4.58. The van der Waals surface area contributed by atoms with E-state index in [1.807, 2.05) is 0 Å². The van der Waals surface area contributed by atoms with Crippen molar-refractivity contribution >= 4 is 17.6 Å². The smallest absolute Gasteiger partial charge is 0.337 e. The van der Waals surface area contributed by atoms with Crippen LogP contribution >= 0.6 is 0 Å². The summed E-state index contributed by atoms with van der Waals surface area (Å²) in [5.74, 6) is 1.85. The third-order valence-corrected chi connectivity index (χ3v) is 2.23. The quantitative estimate of drug-likeness (QED) is 0.584. The maximum atomic E-state index is 11.3. The average Bonchev–Trinajstić information content (AvgIpc) is 2.35. The predicted octanol–water partition coefficient (Wildman–Crippen LogP) is 1.46. The number of ether oxygens (including phenoxy) is 1. The molecule has 4 heteroatoms. The van der Waals surface area contributed by atoms with E-state index >= 15 is 0 Å². The van der Waals surface area contributed by atoms with Crippen molar-refractivity contribution in [3.8, 4) is 12.3 Å². The van der Waals surface area contributed by atoms with Crippen LogP contribution in [-0.4, -0.2) is 25.5 Å². The fourth-order valence-electron chi connectivity index (χ4n) is 1.37. The number of hydrogen-bond donors (Lipinski definition) is 0. The van der Waals surface area contributed by atoms with Crippen LogP contribution in [0.2, 0.25) is 0 Å². The van der Waals surface area contributed by atoms with E-state index < -0.39 is 5.97 Å². The first-order valence-corrected chi connectivity index (χ1v) is 5.00. The highest BCUT2D eigenvalue weighted by Crippen LogP contribution is 2.15. The summed E-state index contributed by atoms with van der Waals surface area (Å²) in [7, 11) is 1.32. The first kappa shape index (κ1) is 12.8. The summed E-state index contributed by atoms with van der Waals surface area (Å²) in [6, 6.07) is 6.50. The molecule has 1 amide bonds. The number of nitrogens with zero attached hydrogens (tertiary/aromatic N) is 1. The van der Waals surface area contributed by atoms with E-state index in [1.165, 1.54) is 18.9 Å². The van der Waals surface area contributed by atoms with Crippen LogP contribution in [0.4, 0.5) is 5.69 Å². The van der Waals surface area contributed by atoms with E-state index in [2.05, 4.69) is 10.7 Å². The molecule has 0 saturated carbocycles. The lowest BCUT2D eigenvalue weighted by Crippen LogP contribution is -2.28. The molecule has 0 fully saturated rings. The molecule has 0 atom stereocenters. The molecule has 0 spiro atoms. The summed E-state index contributed by atoms with van der Waals surface area (Å²) in [6.45, 7) is 1.64. The lowest BCUT2D eigenvalue weighted by Gasteiger charge is -2.18. The number of anilines is 1. The van der Waals surface area contributed by atoms with Gasteiger partial charge in [-0.25, -0.2) is 4.79 Å². The molecule has 1 rings (SSSR count). The highest BCUT2D eigenvalue weighted by Gasteiger charge is 2.11. The third-order valence-electron chi connectivity index (χ3n) is 2.23. The van der Waals surface area contributed by atoms with E-state index in [-0.39, 0.29) is 12.5 Å². The van der Waals surface area contributed by atoms with Crippen LogP contribution < -0.4 is 4.90 Å². The zero-order valence-electron chi connectivity index (χ0n) is 9.77. The van der Waals surface area contributed by atoms with Crippen LogP contribution in [0.1, 0.15) is 17.3 Å². The molecule has 1 aromatic carbocycles. The number of benzene rings is 1. The Bertz CT molecular complexity index is 457. The van der Waals surface area contributed by atoms with Crippen molar-refractivity contribution in [2.24, 2.45) is 0 Å². The summed E-state index contributed by atoms with van der Waals surface area (Å²) in [5.41, 5.74) is 1.09. The van der Waals surface area contributed by atoms with E-state index in [0.29, 0.717) is 11.3 Å². The maximum absolute atomic E-state index is 11.3. The van der Waals surface area contributed by atoms with Gasteiger partial charge in [0.1, 0.15) is 0 Å². The molecule has 0 unspecified atom stereocenters. The van der Waals surface area contributed by atoms with E-state index in [9.17, 15) is 9.59 Å². The Balaban J connectivity index is 2.96. The second kappa shape index (κ2) is 5.71. The van der Waals surface area contributed by atoms with Gasteiger partial charge < -0.3 is 9.64 Å². The molecule has 88 valence electrons. The molecular weight excluding hydrogens is 218 g/mol. The fraction of sp³-hybridized carbons (Fsp3) is 0.231. The molecule has 17 heavy (non-hydrogen) atoms. The van der Waals surface area contributed by atoms with Crippen LogP contribution in [0.15, 0.2) is 24.3 Å². The summed E-state index contributed by atoms with van der Waals surface area (Å²) in [4.78, 5) is 24.0. The van der Waals surface area contributed by atoms with Gasteiger partial charge in [0.25, 0.3) is 0 Å². The standard InChI is InChI=1S/C13H13NO3/c1-4-9-14(10(2)15)12-7-5-11(6-8-12)13(16)17-3/h1,5-8H,9H2,2-3H3. The Morgan fingerprint density at radius 3 is 2.35 bits per heavy atom. The van der Waals surface area contributed by atoms with Gasteiger partial charge in [-0.2, -0.15) is 0 Å². The first-order chi connectivity index (χ1) is 8.10. The zero-order valence-corrected chi connectivity index (χ0v) is 9.77. The van der Waals surface area contributed by atoms with Crippen molar-refractivity contribution in [1.82, 2.24) is 0 Å². The van der Waals surface area contributed by atoms with Gasteiger partial charge in [0.2, 0.25) is 5.91 Å². The van der Waals surface area contributed by atoms with Crippen molar-refractivity contribution in [3.05, 3.63) is 29.8 Å². The molecule has 0 saturated heterocycles. The van der Waals surface area contributed by atoms with Crippen molar-refractivity contribution < 1.29 is 14.3 Å². The number of carbonyl (C=O) groups excluding carboxylic acids is 2. The minimum absolute atomic E-state index is 0.145. The summed E-state index contributed by atoms with van der Waals surface area (Å²) in [6.07, 6.45) is 5.19. The summed E-state index contributed by atoms with van der Waals surface area (Å²) in [5, 5.41) is 0. The fourth-order valence-corrected chi connectivity index (χ4v) is 1.37. The molecule has 0 bridgehead atoms. The minimum atomic E-state index is -0.414. The van der Waals surface area contributed by atoms with Crippen LogP contribution in [0.5, 0.6) is 0 Å². The second-order valence-electron chi connectivity index (χ2n) is 3.35. The number of esters is 1. The Hall–Kier alpha value is -2.28. The normalized spacial score (nSPS) is 9.24. The minimum Gasteiger partial charge on any atom is -0.465 e.